The summed E-state index contributed by atoms with van der Waals surface area (Å²) in [6, 6.07) is 15.2. The van der Waals surface area contributed by atoms with Crippen LogP contribution in [0.5, 0.6) is 11.5 Å². The van der Waals surface area contributed by atoms with Crippen molar-refractivity contribution in [2.24, 2.45) is 0 Å². The average Bonchev–Trinajstić information content (AvgIpc) is 2.69. The van der Waals surface area contributed by atoms with Gasteiger partial charge >= 0.3 is 0 Å². The Balaban J connectivity index is 1.76. The van der Waals surface area contributed by atoms with Crippen LogP contribution in [0, 0.1) is 0 Å². The fourth-order valence-corrected chi connectivity index (χ4v) is 4.54. The van der Waals surface area contributed by atoms with Crippen LogP contribution < -0.4 is 14.9 Å². The molecule has 1 amide bonds. The summed E-state index contributed by atoms with van der Waals surface area (Å²) < 4.78 is 39.3. The molecule has 150 valence electrons. The van der Waals surface area contributed by atoms with Crippen LogP contribution in [-0.4, -0.2) is 38.3 Å². The Kier molecular flexibility index (Phi) is 6.30. The van der Waals surface area contributed by atoms with Gasteiger partial charge in [-0.25, -0.2) is 18.6 Å². The molecule has 0 aromatic heterocycles. The molecule has 1 fully saturated rings. The van der Waals surface area contributed by atoms with Gasteiger partial charge in [-0.05, 0) is 49.2 Å². The zero-order chi connectivity index (χ0) is 20.0. The quantitative estimate of drug-likeness (QED) is 0.480. The van der Waals surface area contributed by atoms with Crippen LogP contribution in [0.25, 0.3) is 0 Å². The van der Waals surface area contributed by atoms with E-state index in [2.05, 4.69) is 4.72 Å². The van der Waals surface area contributed by atoms with E-state index in [9.17, 15) is 13.2 Å². The normalized spacial score (nSPS) is 16.3. The summed E-state index contributed by atoms with van der Waals surface area (Å²) >= 11 is 0. The summed E-state index contributed by atoms with van der Waals surface area (Å²) in [4.78, 5) is 11.7. The number of ether oxygens (including phenoxy) is 2. The Morgan fingerprint density at radius 2 is 1.64 bits per heavy atom. The lowest BCUT2D eigenvalue weighted by Gasteiger charge is -2.36. The second-order valence-corrected chi connectivity index (χ2v) is 8.28. The predicted molar refractivity (Wildman–Crippen MR) is 101 cm³/mol. The van der Waals surface area contributed by atoms with Crippen LogP contribution in [0.1, 0.15) is 19.3 Å². The van der Waals surface area contributed by atoms with Crippen molar-refractivity contribution in [1.82, 2.24) is 10.2 Å². The molecule has 0 bridgehead atoms. The number of carbonyl (C=O) groups is 1. The molecule has 3 rings (SSSR count). The first kappa shape index (κ1) is 20.3. The minimum absolute atomic E-state index is 0.0585. The Morgan fingerprint density at radius 3 is 2.25 bits per heavy atom. The number of nitrogens with one attached hydrogen (secondary N) is 2. The first-order chi connectivity index (χ1) is 13.4. The van der Waals surface area contributed by atoms with E-state index in [0.717, 1.165) is 0 Å². The SMILES string of the molecule is O=C(CC1(NS(=O)(=O)c2ccc(Oc3ccccc3)cc2)CCOCC1)NO. The topological polar surface area (TPSA) is 114 Å². The van der Waals surface area contributed by atoms with E-state index in [1.165, 1.54) is 12.1 Å². The summed E-state index contributed by atoms with van der Waals surface area (Å²) in [6.45, 7) is 0.649. The van der Waals surface area contributed by atoms with E-state index in [1.807, 2.05) is 18.2 Å². The van der Waals surface area contributed by atoms with Gasteiger partial charge in [-0.3, -0.25) is 10.0 Å². The fourth-order valence-electron chi connectivity index (χ4n) is 3.08. The molecule has 0 unspecified atom stereocenters. The first-order valence-corrected chi connectivity index (χ1v) is 10.3. The molecule has 3 N–H and O–H groups in total. The third-order valence-corrected chi connectivity index (χ3v) is 6.13. The molecular formula is C19H22N2O6S. The molecule has 28 heavy (non-hydrogen) atoms. The third kappa shape index (κ3) is 5.08. The maximum atomic E-state index is 12.9. The molecule has 2 aromatic carbocycles. The number of para-hydroxylation sites is 1. The molecule has 1 saturated heterocycles. The third-order valence-electron chi connectivity index (χ3n) is 4.54. The highest BCUT2D eigenvalue weighted by Crippen LogP contribution is 2.28. The maximum Gasteiger partial charge on any atom is 0.245 e. The largest absolute Gasteiger partial charge is 0.457 e. The van der Waals surface area contributed by atoms with Crippen molar-refractivity contribution in [3.8, 4) is 11.5 Å². The van der Waals surface area contributed by atoms with Gasteiger partial charge in [-0.1, -0.05) is 18.2 Å². The number of hydrogen-bond acceptors (Lipinski definition) is 6. The van der Waals surface area contributed by atoms with E-state index in [4.69, 9.17) is 14.7 Å². The standard InChI is InChI=1S/C19H22N2O6S/c22-18(20-23)14-19(10-12-26-13-11-19)21-28(24,25)17-8-6-16(7-9-17)27-15-4-2-1-3-5-15/h1-9,21,23H,10-14H2,(H,20,22). The molecule has 8 nitrogen and oxygen atoms in total. The molecule has 1 aliphatic rings. The number of amides is 1. The Labute approximate surface area is 163 Å². The van der Waals surface area contributed by atoms with Crippen LogP contribution >= 0.6 is 0 Å². The minimum Gasteiger partial charge on any atom is -0.457 e. The first-order valence-electron chi connectivity index (χ1n) is 8.80. The zero-order valence-corrected chi connectivity index (χ0v) is 15.9. The van der Waals surface area contributed by atoms with Gasteiger partial charge < -0.3 is 9.47 Å². The van der Waals surface area contributed by atoms with E-state index >= 15 is 0 Å². The van der Waals surface area contributed by atoms with Gasteiger partial charge in [0.25, 0.3) is 0 Å². The number of sulfonamides is 1. The lowest BCUT2D eigenvalue weighted by atomic mass is 9.87. The van der Waals surface area contributed by atoms with Gasteiger partial charge in [0.15, 0.2) is 0 Å². The van der Waals surface area contributed by atoms with Crippen LogP contribution in [0.3, 0.4) is 0 Å². The van der Waals surface area contributed by atoms with E-state index in [-0.39, 0.29) is 11.3 Å². The van der Waals surface area contributed by atoms with Gasteiger partial charge in [0.2, 0.25) is 15.9 Å². The highest BCUT2D eigenvalue weighted by molar-refractivity contribution is 7.89. The van der Waals surface area contributed by atoms with Crippen LogP contribution in [-0.2, 0) is 19.6 Å². The van der Waals surface area contributed by atoms with E-state index in [0.29, 0.717) is 37.6 Å². The lowest BCUT2D eigenvalue weighted by molar-refractivity contribution is -0.131. The van der Waals surface area contributed by atoms with Gasteiger partial charge in [0, 0.05) is 25.2 Å². The van der Waals surface area contributed by atoms with Crippen molar-refractivity contribution in [3.05, 3.63) is 54.6 Å². The summed E-state index contributed by atoms with van der Waals surface area (Å²) in [5.41, 5.74) is 0.551. The van der Waals surface area contributed by atoms with Crippen LogP contribution in [0.4, 0.5) is 0 Å². The van der Waals surface area contributed by atoms with Crippen molar-refractivity contribution in [3.63, 3.8) is 0 Å². The Hall–Kier alpha value is -2.46. The monoisotopic (exact) mass is 406 g/mol. The Bertz CT molecular complexity index is 894. The predicted octanol–water partition coefficient (Wildman–Crippen LogP) is 2.20. The molecule has 1 aliphatic heterocycles. The van der Waals surface area contributed by atoms with Gasteiger partial charge in [-0.2, -0.15) is 0 Å². The molecule has 0 spiro atoms. The second-order valence-electron chi connectivity index (χ2n) is 6.60. The van der Waals surface area contributed by atoms with Crippen molar-refractivity contribution < 1.29 is 27.9 Å². The highest BCUT2D eigenvalue weighted by atomic mass is 32.2. The Morgan fingerprint density at radius 1 is 1.04 bits per heavy atom. The van der Waals surface area contributed by atoms with Crippen LogP contribution in [0.15, 0.2) is 59.5 Å². The molecular weight excluding hydrogens is 384 g/mol. The summed E-state index contributed by atoms with van der Waals surface area (Å²) in [5.74, 6) is 0.495. The molecule has 0 atom stereocenters. The molecule has 2 aromatic rings. The zero-order valence-electron chi connectivity index (χ0n) is 15.1. The summed E-state index contributed by atoms with van der Waals surface area (Å²) in [5, 5.41) is 8.82. The molecule has 9 heteroatoms. The molecule has 0 radical (unpaired) electrons. The number of hydroxylamine groups is 1. The van der Waals surface area contributed by atoms with E-state index in [1.54, 1.807) is 29.7 Å². The fraction of sp³-hybridized carbons (Fsp3) is 0.316. The highest BCUT2D eigenvalue weighted by Gasteiger charge is 2.39. The number of rotatable bonds is 7. The van der Waals surface area contributed by atoms with Gasteiger partial charge in [0.1, 0.15) is 11.5 Å². The summed E-state index contributed by atoms with van der Waals surface area (Å²) in [7, 11) is -3.88. The molecule has 0 aliphatic carbocycles. The second kappa shape index (κ2) is 8.70. The van der Waals surface area contributed by atoms with Gasteiger partial charge in [0.05, 0.1) is 4.90 Å². The van der Waals surface area contributed by atoms with Crippen molar-refractivity contribution >= 4 is 15.9 Å². The number of hydrogen-bond donors (Lipinski definition) is 3. The smallest absolute Gasteiger partial charge is 0.245 e. The minimum atomic E-state index is -3.88. The summed E-state index contributed by atoms with van der Waals surface area (Å²) in [6.07, 6.45) is 0.477. The molecule has 1 heterocycles. The number of carbonyl (C=O) groups excluding carboxylic acids is 1. The van der Waals surface area contributed by atoms with Crippen LogP contribution in [0.2, 0.25) is 0 Å². The lowest BCUT2D eigenvalue weighted by Crippen LogP contribution is -2.54. The van der Waals surface area contributed by atoms with E-state index < -0.39 is 21.5 Å². The average molecular weight is 406 g/mol. The maximum absolute atomic E-state index is 12.9. The van der Waals surface area contributed by atoms with Gasteiger partial charge in [-0.15, -0.1) is 0 Å². The number of benzene rings is 2. The molecule has 0 saturated carbocycles. The van der Waals surface area contributed by atoms with Crippen molar-refractivity contribution in [2.45, 2.75) is 29.7 Å². The van der Waals surface area contributed by atoms with Crippen molar-refractivity contribution in [2.75, 3.05) is 13.2 Å². The van der Waals surface area contributed by atoms with Crippen molar-refractivity contribution in [1.29, 1.82) is 0 Å².